The zero-order valence-corrected chi connectivity index (χ0v) is 7.31. The molecule has 0 aliphatic carbocycles. The van der Waals surface area contributed by atoms with E-state index in [0.29, 0.717) is 18.8 Å². The van der Waals surface area contributed by atoms with Crippen molar-refractivity contribution in [2.24, 2.45) is 0 Å². The van der Waals surface area contributed by atoms with Crippen LogP contribution in [-0.2, 0) is 10.0 Å². The van der Waals surface area contributed by atoms with Gasteiger partial charge in [0.15, 0.2) is 0 Å². The van der Waals surface area contributed by atoms with E-state index in [1.807, 2.05) is 0 Å². The van der Waals surface area contributed by atoms with E-state index in [2.05, 4.69) is 6.58 Å². The maximum atomic E-state index is 11.2. The Bertz CT molecular complexity index is 233. The van der Waals surface area contributed by atoms with E-state index in [9.17, 15) is 8.42 Å². The lowest BCUT2D eigenvalue weighted by Crippen LogP contribution is -2.37. The van der Waals surface area contributed by atoms with E-state index in [1.165, 1.54) is 4.31 Å². The van der Waals surface area contributed by atoms with Crippen molar-refractivity contribution < 1.29 is 8.42 Å². The summed E-state index contributed by atoms with van der Waals surface area (Å²) in [5, 5.41) is 0. The Morgan fingerprint density at radius 3 is 2.73 bits per heavy atom. The minimum Gasteiger partial charge on any atom is -0.212 e. The Hall–Kier alpha value is -0.350. The van der Waals surface area contributed by atoms with Gasteiger partial charge in [-0.2, -0.15) is 4.31 Å². The van der Waals surface area contributed by atoms with E-state index in [4.69, 9.17) is 0 Å². The zero-order chi connectivity index (χ0) is 8.32. The van der Waals surface area contributed by atoms with Gasteiger partial charge in [0.25, 0.3) is 0 Å². The molecule has 64 valence electrons. The number of sulfonamides is 1. The van der Waals surface area contributed by atoms with Crippen molar-refractivity contribution in [2.45, 2.75) is 12.8 Å². The summed E-state index contributed by atoms with van der Waals surface area (Å²) in [5.74, 6) is 0.306. The minimum atomic E-state index is -2.92. The number of rotatable bonds is 2. The third-order valence-corrected chi connectivity index (χ3v) is 3.71. The molecule has 0 N–H and O–H groups in total. The van der Waals surface area contributed by atoms with Gasteiger partial charge >= 0.3 is 0 Å². The van der Waals surface area contributed by atoms with Gasteiger partial charge in [-0.15, -0.1) is 6.58 Å². The quantitative estimate of drug-likeness (QED) is 0.576. The second kappa shape index (κ2) is 3.36. The Morgan fingerprint density at radius 2 is 2.18 bits per heavy atom. The van der Waals surface area contributed by atoms with Gasteiger partial charge < -0.3 is 0 Å². The van der Waals surface area contributed by atoms with Crippen molar-refractivity contribution in [1.29, 1.82) is 0 Å². The average molecular weight is 175 g/mol. The molecule has 1 aliphatic rings. The normalized spacial score (nSPS) is 24.7. The van der Waals surface area contributed by atoms with Crippen LogP contribution in [0.1, 0.15) is 12.8 Å². The highest BCUT2D eigenvalue weighted by atomic mass is 32.2. The highest BCUT2D eigenvalue weighted by Gasteiger charge is 2.23. The molecular weight excluding hydrogens is 162 g/mol. The van der Waals surface area contributed by atoms with Gasteiger partial charge in [-0.25, -0.2) is 8.42 Å². The molecule has 0 radical (unpaired) electrons. The lowest BCUT2D eigenvalue weighted by atomic mass is 10.3. The minimum absolute atomic E-state index is 0.306. The first kappa shape index (κ1) is 8.74. The van der Waals surface area contributed by atoms with Crippen LogP contribution < -0.4 is 0 Å². The third-order valence-electron chi connectivity index (χ3n) is 1.79. The molecule has 11 heavy (non-hydrogen) atoms. The van der Waals surface area contributed by atoms with Crippen LogP contribution in [-0.4, -0.2) is 31.6 Å². The molecule has 0 aromatic heterocycles. The summed E-state index contributed by atoms with van der Waals surface area (Å²) in [7, 11) is -2.92. The summed E-state index contributed by atoms with van der Waals surface area (Å²) >= 11 is 0. The molecule has 1 heterocycles. The topological polar surface area (TPSA) is 37.4 Å². The van der Waals surface area contributed by atoms with Gasteiger partial charge in [0, 0.05) is 13.1 Å². The summed E-state index contributed by atoms with van der Waals surface area (Å²) in [6, 6.07) is 0. The number of nitrogens with zero attached hydrogens (tertiary/aromatic N) is 1. The predicted octanol–water partition coefficient (Wildman–Crippen LogP) is 0.598. The molecular formula is C7H13NO2S. The highest BCUT2D eigenvalue weighted by molar-refractivity contribution is 7.89. The summed E-state index contributed by atoms with van der Waals surface area (Å²) in [5.41, 5.74) is 0. The first-order valence-electron chi connectivity index (χ1n) is 3.75. The Balaban J connectivity index is 2.67. The maximum absolute atomic E-state index is 11.2. The predicted molar refractivity (Wildman–Crippen MR) is 44.8 cm³/mol. The molecule has 1 rings (SSSR count). The lowest BCUT2D eigenvalue weighted by molar-refractivity contribution is 0.411. The summed E-state index contributed by atoms with van der Waals surface area (Å²) in [4.78, 5) is 0. The molecule has 0 aromatic rings. The second-order valence-electron chi connectivity index (χ2n) is 2.67. The van der Waals surface area contributed by atoms with Crippen LogP contribution >= 0.6 is 0 Å². The smallest absolute Gasteiger partial charge is 0.212 e. The molecule has 0 amide bonds. The zero-order valence-electron chi connectivity index (χ0n) is 6.49. The molecule has 1 aliphatic heterocycles. The van der Waals surface area contributed by atoms with E-state index in [0.717, 1.165) is 12.8 Å². The van der Waals surface area contributed by atoms with Crippen LogP contribution in [0.15, 0.2) is 12.7 Å². The fourth-order valence-electron chi connectivity index (χ4n) is 1.19. The molecule has 1 saturated heterocycles. The Morgan fingerprint density at radius 1 is 1.45 bits per heavy atom. The third kappa shape index (κ3) is 2.04. The van der Waals surface area contributed by atoms with Gasteiger partial charge in [-0.3, -0.25) is 0 Å². The van der Waals surface area contributed by atoms with Crippen LogP contribution in [0.25, 0.3) is 0 Å². The molecule has 4 heteroatoms. The van der Waals surface area contributed by atoms with Crippen LogP contribution in [0.4, 0.5) is 0 Å². The van der Waals surface area contributed by atoms with Gasteiger partial charge in [0.1, 0.15) is 0 Å². The maximum Gasteiger partial charge on any atom is 0.214 e. The Labute approximate surface area is 67.8 Å². The molecule has 1 fully saturated rings. The monoisotopic (exact) mass is 175 g/mol. The second-order valence-corrected chi connectivity index (χ2v) is 4.76. The van der Waals surface area contributed by atoms with Gasteiger partial charge in [0.05, 0.1) is 5.75 Å². The fourth-order valence-corrected chi connectivity index (χ4v) is 2.76. The summed E-state index contributed by atoms with van der Waals surface area (Å²) < 4.78 is 24.0. The summed E-state index contributed by atoms with van der Waals surface area (Å²) in [6.45, 7) is 4.64. The molecule has 0 atom stereocenters. The molecule has 0 saturated carbocycles. The molecule has 0 unspecified atom stereocenters. The van der Waals surface area contributed by atoms with Crippen molar-refractivity contribution in [2.75, 3.05) is 18.8 Å². The van der Waals surface area contributed by atoms with E-state index in [1.54, 1.807) is 6.08 Å². The number of hydrogen-bond acceptors (Lipinski definition) is 2. The van der Waals surface area contributed by atoms with E-state index >= 15 is 0 Å². The van der Waals surface area contributed by atoms with Crippen LogP contribution in [0.2, 0.25) is 0 Å². The molecule has 3 nitrogen and oxygen atoms in total. The van der Waals surface area contributed by atoms with Crippen LogP contribution in [0, 0.1) is 0 Å². The van der Waals surface area contributed by atoms with Crippen LogP contribution in [0.5, 0.6) is 0 Å². The number of hydrogen-bond donors (Lipinski definition) is 0. The molecule has 0 bridgehead atoms. The highest BCUT2D eigenvalue weighted by Crippen LogP contribution is 2.12. The van der Waals surface area contributed by atoms with Crippen molar-refractivity contribution in [1.82, 2.24) is 4.31 Å². The summed E-state index contributed by atoms with van der Waals surface area (Å²) in [6.07, 6.45) is 3.41. The van der Waals surface area contributed by atoms with Crippen LogP contribution in [0.3, 0.4) is 0 Å². The SMILES string of the molecule is C=CCN1CCCCS1(=O)=O. The van der Waals surface area contributed by atoms with Crippen molar-refractivity contribution in [3.63, 3.8) is 0 Å². The lowest BCUT2D eigenvalue weighted by Gasteiger charge is -2.24. The van der Waals surface area contributed by atoms with Gasteiger partial charge in [-0.1, -0.05) is 6.08 Å². The van der Waals surface area contributed by atoms with Crippen molar-refractivity contribution >= 4 is 10.0 Å². The first-order chi connectivity index (χ1) is 5.17. The molecule has 0 aromatic carbocycles. The van der Waals surface area contributed by atoms with Gasteiger partial charge in [0.2, 0.25) is 10.0 Å². The largest absolute Gasteiger partial charge is 0.214 e. The average Bonchev–Trinajstić information content (AvgIpc) is 1.94. The molecule has 0 spiro atoms. The first-order valence-corrected chi connectivity index (χ1v) is 5.36. The Kier molecular flexibility index (Phi) is 2.67. The van der Waals surface area contributed by atoms with Crippen molar-refractivity contribution in [3.8, 4) is 0 Å². The van der Waals surface area contributed by atoms with Gasteiger partial charge in [-0.05, 0) is 12.8 Å². The van der Waals surface area contributed by atoms with Crippen molar-refractivity contribution in [3.05, 3.63) is 12.7 Å². The standard InChI is InChI=1S/C7H13NO2S/c1-2-5-8-6-3-4-7-11(8,9)10/h2H,1,3-7H2. The van der Waals surface area contributed by atoms with E-state index in [-0.39, 0.29) is 0 Å². The fraction of sp³-hybridized carbons (Fsp3) is 0.714. The van der Waals surface area contributed by atoms with E-state index < -0.39 is 10.0 Å².